The lowest BCUT2D eigenvalue weighted by molar-refractivity contribution is -0.137. The van der Waals surface area contributed by atoms with Crippen molar-refractivity contribution in [2.75, 3.05) is 5.75 Å². The molecule has 0 aliphatic heterocycles. The molecule has 0 amide bonds. The molecule has 0 aliphatic rings. The molecule has 1 rings (SSSR count). The van der Waals surface area contributed by atoms with E-state index in [-0.39, 0.29) is 0 Å². The number of thioether (sulfide) groups is 1. The summed E-state index contributed by atoms with van der Waals surface area (Å²) in [6.07, 6.45) is -4.26. The average Bonchev–Trinajstić information content (AvgIpc) is 2.14. The summed E-state index contributed by atoms with van der Waals surface area (Å²) in [4.78, 5) is 0. The Hall–Kier alpha value is -0.160. The maximum Gasteiger partial charge on any atom is 0.416 e. The van der Waals surface area contributed by atoms with Crippen LogP contribution in [0.2, 0.25) is 0 Å². The van der Waals surface area contributed by atoms with Gasteiger partial charge < -0.3 is 0 Å². The molecule has 0 saturated heterocycles. The minimum atomic E-state index is -4.26. The number of halogens is 4. The fourth-order valence-corrected chi connectivity index (χ4v) is 2.43. The molecule has 0 heterocycles. The lowest BCUT2D eigenvalue weighted by atomic mass is 10.1. The zero-order valence-electron chi connectivity index (χ0n) is 8.07. The third-order valence-electron chi connectivity index (χ3n) is 1.84. The number of hydrogen-bond acceptors (Lipinski definition) is 1. The zero-order valence-corrected chi connectivity index (χ0v) is 10.5. The van der Waals surface area contributed by atoms with Crippen LogP contribution in [0.4, 0.5) is 13.2 Å². The van der Waals surface area contributed by atoms with Crippen LogP contribution < -0.4 is 0 Å². The summed E-state index contributed by atoms with van der Waals surface area (Å²) in [6.45, 7) is 2.02. The maximum absolute atomic E-state index is 12.3. The second kappa shape index (κ2) is 5.25. The minimum Gasteiger partial charge on any atom is -0.166 e. The van der Waals surface area contributed by atoms with E-state index >= 15 is 0 Å². The van der Waals surface area contributed by atoms with Crippen LogP contribution in [0, 0.1) is 0 Å². The molecule has 1 aromatic rings. The monoisotopic (exact) mass is 298 g/mol. The van der Waals surface area contributed by atoms with Crippen LogP contribution in [0.3, 0.4) is 0 Å². The van der Waals surface area contributed by atoms with Crippen LogP contribution in [-0.2, 0) is 11.9 Å². The molecule has 0 atom stereocenters. The van der Waals surface area contributed by atoms with E-state index in [0.29, 0.717) is 4.47 Å². The van der Waals surface area contributed by atoms with Gasteiger partial charge in [0.05, 0.1) is 5.56 Å². The number of hydrogen-bond donors (Lipinski definition) is 0. The van der Waals surface area contributed by atoms with Crippen LogP contribution in [0.5, 0.6) is 0 Å². The van der Waals surface area contributed by atoms with Crippen LogP contribution in [0.1, 0.15) is 18.1 Å². The van der Waals surface area contributed by atoms with E-state index in [2.05, 4.69) is 15.9 Å². The van der Waals surface area contributed by atoms with Crippen LogP contribution in [0.15, 0.2) is 22.7 Å². The number of benzene rings is 1. The van der Waals surface area contributed by atoms with Gasteiger partial charge in [0.25, 0.3) is 0 Å². The van der Waals surface area contributed by atoms with Crippen molar-refractivity contribution in [2.24, 2.45) is 0 Å². The van der Waals surface area contributed by atoms with Gasteiger partial charge in [-0.05, 0) is 23.4 Å². The summed E-state index contributed by atoms with van der Waals surface area (Å²) in [7, 11) is 0. The first kappa shape index (κ1) is 12.9. The van der Waals surface area contributed by atoms with Crippen molar-refractivity contribution in [3.8, 4) is 0 Å². The van der Waals surface area contributed by atoms with Crippen molar-refractivity contribution in [2.45, 2.75) is 18.9 Å². The number of alkyl halides is 3. The third kappa shape index (κ3) is 3.72. The van der Waals surface area contributed by atoms with E-state index in [4.69, 9.17) is 0 Å². The van der Waals surface area contributed by atoms with Gasteiger partial charge in [-0.15, -0.1) is 0 Å². The predicted octanol–water partition coefficient (Wildman–Crippen LogP) is 4.72. The Morgan fingerprint density at radius 1 is 1.33 bits per heavy atom. The van der Waals surface area contributed by atoms with Crippen molar-refractivity contribution in [3.05, 3.63) is 33.8 Å². The lowest BCUT2D eigenvalue weighted by Gasteiger charge is -2.09. The number of rotatable bonds is 3. The summed E-state index contributed by atoms with van der Waals surface area (Å²) in [5, 5.41) is 0. The molecule has 0 bridgehead atoms. The van der Waals surface area contributed by atoms with Gasteiger partial charge in [-0.1, -0.05) is 28.9 Å². The lowest BCUT2D eigenvalue weighted by Crippen LogP contribution is -2.05. The van der Waals surface area contributed by atoms with Crippen molar-refractivity contribution < 1.29 is 13.2 Å². The molecular weight excluding hydrogens is 289 g/mol. The van der Waals surface area contributed by atoms with Crippen molar-refractivity contribution in [1.82, 2.24) is 0 Å². The summed E-state index contributed by atoms with van der Waals surface area (Å²) < 4.78 is 37.5. The van der Waals surface area contributed by atoms with Gasteiger partial charge in [-0.2, -0.15) is 24.9 Å². The quantitative estimate of drug-likeness (QED) is 0.778. The normalized spacial score (nSPS) is 11.8. The van der Waals surface area contributed by atoms with Gasteiger partial charge in [-0.25, -0.2) is 0 Å². The minimum absolute atomic E-state index is 0.526. The van der Waals surface area contributed by atoms with Gasteiger partial charge in [0, 0.05) is 10.2 Å². The largest absolute Gasteiger partial charge is 0.416 e. The highest BCUT2D eigenvalue weighted by Crippen LogP contribution is 2.33. The van der Waals surface area contributed by atoms with Gasteiger partial charge in [0.15, 0.2) is 0 Å². The SMILES string of the molecule is CCSCc1ccc(C(F)(F)F)cc1Br. The Morgan fingerprint density at radius 3 is 2.47 bits per heavy atom. The second-order valence-electron chi connectivity index (χ2n) is 2.94. The molecular formula is C10H10BrF3S. The molecule has 0 radical (unpaired) electrons. The Labute approximate surface area is 99.4 Å². The Bertz CT molecular complexity index is 336. The highest BCUT2D eigenvalue weighted by Gasteiger charge is 2.30. The second-order valence-corrected chi connectivity index (χ2v) is 5.07. The maximum atomic E-state index is 12.3. The Balaban J connectivity index is 2.88. The van der Waals surface area contributed by atoms with Crippen molar-refractivity contribution in [1.29, 1.82) is 0 Å². The molecule has 0 nitrogen and oxygen atoms in total. The van der Waals surface area contributed by atoms with Crippen LogP contribution in [0.25, 0.3) is 0 Å². The summed E-state index contributed by atoms with van der Waals surface area (Å²) >= 11 is 4.83. The molecule has 0 unspecified atom stereocenters. The molecule has 15 heavy (non-hydrogen) atoms. The van der Waals surface area contributed by atoms with Gasteiger partial charge >= 0.3 is 6.18 Å². The Kier molecular flexibility index (Phi) is 4.52. The molecule has 0 saturated carbocycles. The van der Waals surface area contributed by atoms with Crippen molar-refractivity contribution in [3.63, 3.8) is 0 Å². The zero-order chi connectivity index (χ0) is 11.5. The first-order chi connectivity index (χ1) is 6.95. The third-order valence-corrected chi connectivity index (χ3v) is 3.50. The summed E-state index contributed by atoms with van der Waals surface area (Å²) in [5.74, 6) is 1.68. The fourth-order valence-electron chi connectivity index (χ4n) is 1.05. The van der Waals surface area contributed by atoms with Gasteiger partial charge in [0.2, 0.25) is 0 Å². The highest BCUT2D eigenvalue weighted by atomic mass is 79.9. The molecule has 0 aliphatic carbocycles. The summed E-state index contributed by atoms with van der Waals surface area (Å²) in [6, 6.07) is 3.78. The molecule has 0 N–H and O–H groups in total. The Morgan fingerprint density at radius 2 is 2.00 bits per heavy atom. The molecule has 5 heteroatoms. The summed E-state index contributed by atoms with van der Waals surface area (Å²) in [5.41, 5.74) is 0.287. The molecule has 1 aromatic carbocycles. The van der Waals surface area contributed by atoms with Gasteiger partial charge in [0.1, 0.15) is 0 Å². The highest BCUT2D eigenvalue weighted by molar-refractivity contribution is 9.10. The molecule has 84 valence electrons. The smallest absolute Gasteiger partial charge is 0.166 e. The predicted molar refractivity (Wildman–Crippen MR) is 61.0 cm³/mol. The topological polar surface area (TPSA) is 0 Å². The standard InChI is InChI=1S/C10H10BrF3S/c1-2-15-6-7-3-4-8(5-9(7)11)10(12,13)14/h3-5H,2,6H2,1H3. The van der Waals surface area contributed by atoms with E-state index in [0.717, 1.165) is 29.2 Å². The first-order valence-corrected chi connectivity index (χ1v) is 6.33. The van der Waals surface area contributed by atoms with E-state index in [1.165, 1.54) is 6.07 Å². The van der Waals surface area contributed by atoms with Crippen molar-refractivity contribution >= 4 is 27.7 Å². The fraction of sp³-hybridized carbons (Fsp3) is 0.400. The molecule has 0 aromatic heterocycles. The van der Waals surface area contributed by atoms with E-state index in [9.17, 15) is 13.2 Å². The van der Waals surface area contributed by atoms with E-state index in [1.54, 1.807) is 11.8 Å². The van der Waals surface area contributed by atoms with Crippen LogP contribution in [-0.4, -0.2) is 5.75 Å². The van der Waals surface area contributed by atoms with Gasteiger partial charge in [-0.3, -0.25) is 0 Å². The first-order valence-electron chi connectivity index (χ1n) is 4.38. The molecule has 0 spiro atoms. The van der Waals surface area contributed by atoms with E-state index in [1.807, 2.05) is 6.92 Å². The van der Waals surface area contributed by atoms with Crippen LogP contribution >= 0.6 is 27.7 Å². The molecule has 0 fully saturated rings. The van der Waals surface area contributed by atoms with E-state index < -0.39 is 11.7 Å². The average molecular weight is 299 g/mol.